The number of carbonyl (C=O) groups excluding carboxylic acids is 1. The fourth-order valence-electron chi connectivity index (χ4n) is 2.16. The molecule has 0 fully saturated rings. The zero-order valence-electron chi connectivity index (χ0n) is 14.1. The SMILES string of the molecule is CC(Nc1ncc2cc(C(=O)c3ccccc3Cl)sc2n1)C(C)(C)O. The summed E-state index contributed by atoms with van der Waals surface area (Å²) in [6.45, 7) is 5.29. The van der Waals surface area contributed by atoms with Gasteiger partial charge < -0.3 is 10.4 Å². The first-order chi connectivity index (χ1) is 11.8. The molecular formula is C18H18ClN3O2S. The van der Waals surface area contributed by atoms with E-state index >= 15 is 0 Å². The van der Waals surface area contributed by atoms with Gasteiger partial charge in [0.2, 0.25) is 11.7 Å². The highest BCUT2D eigenvalue weighted by Gasteiger charge is 2.23. The van der Waals surface area contributed by atoms with E-state index in [1.54, 1.807) is 50.4 Å². The number of thiophene rings is 1. The highest BCUT2D eigenvalue weighted by atomic mass is 35.5. The molecule has 0 saturated heterocycles. The summed E-state index contributed by atoms with van der Waals surface area (Å²) < 4.78 is 0. The van der Waals surface area contributed by atoms with Gasteiger partial charge in [-0.15, -0.1) is 11.3 Å². The minimum Gasteiger partial charge on any atom is -0.388 e. The highest BCUT2D eigenvalue weighted by molar-refractivity contribution is 7.20. The normalized spacial score (nSPS) is 13.0. The Morgan fingerprint density at radius 1 is 1.36 bits per heavy atom. The summed E-state index contributed by atoms with van der Waals surface area (Å²) in [5.74, 6) is 0.286. The Bertz CT molecular complexity index is 933. The van der Waals surface area contributed by atoms with Crippen molar-refractivity contribution in [2.45, 2.75) is 32.4 Å². The molecule has 2 heterocycles. The maximum absolute atomic E-state index is 12.7. The predicted molar refractivity (Wildman–Crippen MR) is 102 cm³/mol. The van der Waals surface area contributed by atoms with Crippen molar-refractivity contribution in [1.29, 1.82) is 0 Å². The molecule has 2 aromatic heterocycles. The topological polar surface area (TPSA) is 75.1 Å². The van der Waals surface area contributed by atoms with Crippen LogP contribution in [0.1, 0.15) is 36.0 Å². The predicted octanol–water partition coefficient (Wildman–Crippen LogP) is 4.15. The van der Waals surface area contributed by atoms with E-state index in [9.17, 15) is 9.90 Å². The number of benzene rings is 1. The highest BCUT2D eigenvalue weighted by Crippen LogP contribution is 2.28. The Morgan fingerprint density at radius 2 is 2.08 bits per heavy atom. The number of aliphatic hydroxyl groups is 1. The van der Waals surface area contributed by atoms with Crippen molar-refractivity contribution in [2.75, 3.05) is 5.32 Å². The number of aromatic nitrogens is 2. The van der Waals surface area contributed by atoms with Gasteiger partial charge in [0.05, 0.1) is 21.5 Å². The summed E-state index contributed by atoms with van der Waals surface area (Å²) in [5.41, 5.74) is -0.434. The number of rotatable bonds is 5. The third kappa shape index (κ3) is 3.81. The van der Waals surface area contributed by atoms with Crippen LogP contribution in [-0.2, 0) is 0 Å². The molecule has 1 atom stereocenters. The van der Waals surface area contributed by atoms with Crippen LogP contribution in [0, 0.1) is 0 Å². The van der Waals surface area contributed by atoms with Crippen LogP contribution in [0.4, 0.5) is 5.95 Å². The van der Waals surface area contributed by atoms with E-state index in [4.69, 9.17) is 11.6 Å². The van der Waals surface area contributed by atoms with Gasteiger partial charge in [-0.25, -0.2) is 9.97 Å². The van der Waals surface area contributed by atoms with Crippen LogP contribution in [0.3, 0.4) is 0 Å². The van der Waals surface area contributed by atoms with Crippen LogP contribution in [-0.4, -0.2) is 32.5 Å². The average molecular weight is 376 g/mol. The number of ketones is 1. The van der Waals surface area contributed by atoms with Crippen LogP contribution < -0.4 is 5.32 Å². The summed E-state index contributed by atoms with van der Waals surface area (Å²) >= 11 is 7.41. The van der Waals surface area contributed by atoms with E-state index < -0.39 is 5.60 Å². The molecule has 25 heavy (non-hydrogen) atoms. The maximum Gasteiger partial charge on any atom is 0.224 e. The molecule has 0 radical (unpaired) electrons. The summed E-state index contributed by atoms with van der Waals surface area (Å²) in [7, 11) is 0. The van der Waals surface area contributed by atoms with Gasteiger partial charge >= 0.3 is 0 Å². The number of fused-ring (bicyclic) bond motifs is 1. The maximum atomic E-state index is 12.7. The zero-order chi connectivity index (χ0) is 18.2. The fourth-order valence-corrected chi connectivity index (χ4v) is 3.34. The molecule has 2 N–H and O–H groups in total. The van der Waals surface area contributed by atoms with Gasteiger partial charge in [0, 0.05) is 17.1 Å². The quantitative estimate of drug-likeness (QED) is 0.655. The molecule has 0 aliphatic rings. The molecule has 1 aromatic carbocycles. The number of hydrogen-bond donors (Lipinski definition) is 2. The Balaban J connectivity index is 1.91. The molecule has 0 aliphatic heterocycles. The van der Waals surface area contributed by atoms with Gasteiger partial charge in [0.1, 0.15) is 4.83 Å². The molecular weight excluding hydrogens is 358 g/mol. The molecule has 0 amide bonds. The van der Waals surface area contributed by atoms with Crippen molar-refractivity contribution >= 4 is 44.9 Å². The summed E-state index contributed by atoms with van der Waals surface area (Å²) in [6.07, 6.45) is 1.67. The van der Waals surface area contributed by atoms with Gasteiger partial charge in [-0.05, 0) is 39.0 Å². The van der Waals surface area contributed by atoms with Gasteiger partial charge in [-0.3, -0.25) is 4.79 Å². The van der Waals surface area contributed by atoms with Crippen LogP contribution >= 0.6 is 22.9 Å². The Labute approximate surface area is 154 Å². The molecule has 0 saturated carbocycles. The van der Waals surface area contributed by atoms with E-state index in [1.807, 2.05) is 6.92 Å². The Morgan fingerprint density at radius 3 is 2.76 bits per heavy atom. The minimum atomic E-state index is -0.904. The number of nitrogens with one attached hydrogen (secondary N) is 1. The number of halogens is 1. The first kappa shape index (κ1) is 17.8. The van der Waals surface area contributed by atoms with Crippen molar-refractivity contribution in [3.63, 3.8) is 0 Å². The lowest BCUT2D eigenvalue weighted by molar-refractivity contribution is 0.0646. The van der Waals surface area contributed by atoms with Crippen LogP contribution in [0.25, 0.3) is 10.2 Å². The third-order valence-electron chi connectivity index (χ3n) is 4.02. The lowest BCUT2D eigenvalue weighted by Crippen LogP contribution is -2.39. The van der Waals surface area contributed by atoms with Gasteiger partial charge in [0.25, 0.3) is 0 Å². The van der Waals surface area contributed by atoms with Gasteiger partial charge in [-0.2, -0.15) is 0 Å². The van der Waals surface area contributed by atoms with E-state index in [0.29, 0.717) is 26.2 Å². The number of carbonyl (C=O) groups is 1. The molecule has 3 aromatic rings. The van der Waals surface area contributed by atoms with E-state index in [1.165, 1.54) is 11.3 Å². The van der Waals surface area contributed by atoms with Gasteiger partial charge in [-0.1, -0.05) is 23.7 Å². The van der Waals surface area contributed by atoms with Crippen molar-refractivity contribution in [3.8, 4) is 0 Å². The second-order valence-electron chi connectivity index (χ2n) is 6.39. The largest absolute Gasteiger partial charge is 0.388 e. The molecule has 0 spiro atoms. The molecule has 0 bridgehead atoms. The Hall–Kier alpha value is -2.02. The van der Waals surface area contributed by atoms with E-state index in [-0.39, 0.29) is 11.8 Å². The fraction of sp³-hybridized carbons (Fsp3) is 0.278. The third-order valence-corrected chi connectivity index (χ3v) is 5.39. The van der Waals surface area contributed by atoms with E-state index in [2.05, 4.69) is 15.3 Å². The molecule has 5 nitrogen and oxygen atoms in total. The zero-order valence-corrected chi connectivity index (χ0v) is 15.6. The molecule has 7 heteroatoms. The molecule has 130 valence electrons. The van der Waals surface area contributed by atoms with Crippen LogP contribution in [0.5, 0.6) is 0 Å². The summed E-state index contributed by atoms with van der Waals surface area (Å²) in [6, 6.07) is 8.52. The van der Waals surface area contributed by atoms with Crippen molar-refractivity contribution in [3.05, 3.63) is 52.0 Å². The van der Waals surface area contributed by atoms with Gasteiger partial charge in [0.15, 0.2) is 0 Å². The first-order valence-electron chi connectivity index (χ1n) is 7.80. The van der Waals surface area contributed by atoms with Crippen LogP contribution in [0.2, 0.25) is 5.02 Å². The monoisotopic (exact) mass is 375 g/mol. The summed E-state index contributed by atoms with van der Waals surface area (Å²) in [4.78, 5) is 22.6. The van der Waals surface area contributed by atoms with Crippen molar-refractivity contribution in [2.24, 2.45) is 0 Å². The van der Waals surface area contributed by atoms with Crippen molar-refractivity contribution < 1.29 is 9.90 Å². The molecule has 0 aliphatic carbocycles. The molecule has 1 unspecified atom stereocenters. The number of nitrogens with zero attached hydrogens (tertiary/aromatic N) is 2. The summed E-state index contributed by atoms with van der Waals surface area (Å²) in [5, 5.41) is 14.3. The average Bonchev–Trinajstić information content (AvgIpc) is 2.97. The number of anilines is 1. The second kappa shape index (κ2) is 6.71. The first-order valence-corrected chi connectivity index (χ1v) is 9.00. The number of hydrogen-bond acceptors (Lipinski definition) is 6. The van der Waals surface area contributed by atoms with Crippen LogP contribution in [0.15, 0.2) is 36.5 Å². The lowest BCUT2D eigenvalue weighted by Gasteiger charge is -2.26. The van der Waals surface area contributed by atoms with Crippen molar-refractivity contribution in [1.82, 2.24) is 9.97 Å². The smallest absolute Gasteiger partial charge is 0.224 e. The standard InChI is InChI=1S/C18H18ClN3O2S/c1-10(18(2,3)24)21-17-20-9-11-8-14(25-16(11)22-17)15(23)12-6-4-5-7-13(12)19/h4-10,24H,1-3H3,(H,20,21,22). The molecule has 3 rings (SSSR count). The Kier molecular flexibility index (Phi) is 4.77. The minimum absolute atomic E-state index is 0.132. The second-order valence-corrected chi connectivity index (χ2v) is 7.83. The lowest BCUT2D eigenvalue weighted by atomic mass is 10.0. The van der Waals surface area contributed by atoms with E-state index in [0.717, 1.165) is 5.39 Å².